The van der Waals surface area contributed by atoms with Crippen molar-refractivity contribution in [1.29, 1.82) is 0 Å². The predicted octanol–water partition coefficient (Wildman–Crippen LogP) is 4.56. The first-order chi connectivity index (χ1) is 14.6. The van der Waals surface area contributed by atoms with Crippen LogP contribution in [0.25, 0.3) is 0 Å². The molecule has 4 aliphatic carbocycles. The van der Waals surface area contributed by atoms with Crippen LogP contribution in [-0.2, 0) is 11.3 Å². The number of hydrogen-bond acceptors (Lipinski definition) is 3. The van der Waals surface area contributed by atoms with Gasteiger partial charge in [-0.15, -0.1) is 0 Å². The molecule has 1 heterocycles. The molecule has 156 valence electrons. The number of aromatic nitrogens is 1. The van der Waals surface area contributed by atoms with E-state index in [9.17, 15) is 9.59 Å². The summed E-state index contributed by atoms with van der Waals surface area (Å²) in [5, 5.41) is 6.07. The van der Waals surface area contributed by atoms with Gasteiger partial charge in [0.15, 0.2) is 0 Å². The van der Waals surface area contributed by atoms with E-state index in [-0.39, 0.29) is 17.2 Å². The lowest BCUT2D eigenvalue weighted by Crippen LogP contribution is -2.47. The van der Waals surface area contributed by atoms with E-state index >= 15 is 0 Å². The van der Waals surface area contributed by atoms with Gasteiger partial charge in [0.05, 0.1) is 5.56 Å². The van der Waals surface area contributed by atoms with Crippen molar-refractivity contribution in [2.24, 2.45) is 23.2 Å². The smallest absolute Gasteiger partial charge is 0.257 e. The largest absolute Gasteiger partial charge is 0.352 e. The van der Waals surface area contributed by atoms with E-state index in [4.69, 9.17) is 0 Å². The van der Waals surface area contributed by atoms with Gasteiger partial charge in [-0.1, -0.05) is 18.2 Å². The zero-order chi connectivity index (χ0) is 20.6. The highest BCUT2D eigenvalue weighted by atomic mass is 16.2. The highest BCUT2D eigenvalue weighted by Gasteiger charge is 2.51. The average Bonchev–Trinajstić information content (AvgIpc) is 2.72. The molecule has 30 heavy (non-hydrogen) atoms. The van der Waals surface area contributed by atoms with Crippen LogP contribution in [0.15, 0.2) is 48.8 Å². The van der Waals surface area contributed by atoms with Crippen molar-refractivity contribution in [1.82, 2.24) is 10.3 Å². The van der Waals surface area contributed by atoms with Crippen molar-refractivity contribution >= 4 is 17.5 Å². The van der Waals surface area contributed by atoms with Gasteiger partial charge in [-0.2, -0.15) is 0 Å². The van der Waals surface area contributed by atoms with E-state index in [1.165, 1.54) is 38.5 Å². The molecular formula is C25H29N3O2. The number of hydrogen-bond donors (Lipinski definition) is 2. The monoisotopic (exact) mass is 403 g/mol. The molecule has 4 aliphatic rings. The van der Waals surface area contributed by atoms with Gasteiger partial charge >= 0.3 is 0 Å². The molecule has 0 radical (unpaired) electrons. The van der Waals surface area contributed by atoms with Crippen LogP contribution in [0.1, 0.15) is 60.9 Å². The lowest BCUT2D eigenvalue weighted by Gasteiger charge is -2.56. The summed E-state index contributed by atoms with van der Waals surface area (Å²) >= 11 is 0. The molecule has 4 bridgehead atoms. The van der Waals surface area contributed by atoms with Crippen molar-refractivity contribution in [2.45, 2.75) is 51.5 Å². The Kier molecular flexibility index (Phi) is 5.05. The summed E-state index contributed by atoms with van der Waals surface area (Å²) in [5.74, 6) is 2.51. The van der Waals surface area contributed by atoms with Crippen LogP contribution in [0.5, 0.6) is 0 Å². The molecule has 0 saturated heterocycles. The number of amides is 2. The second-order valence-corrected chi connectivity index (χ2v) is 9.72. The normalized spacial score (nSPS) is 28.9. The second-order valence-electron chi connectivity index (χ2n) is 9.72. The maximum atomic E-state index is 12.8. The van der Waals surface area contributed by atoms with Gasteiger partial charge < -0.3 is 10.6 Å². The van der Waals surface area contributed by atoms with Gasteiger partial charge in [0.25, 0.3) is 5.91 Å². The number of benzene rings is 1. The first-order valence-corrected chi connectivity index (χ1v) is 11.1. The molecule has 5 heteroatoms. The number of rotatable bonds is 6. The molecule has 0 spiro atoms. The Labute approximate surface area is 177 Å². The number of pyridine rings is 1. The summed E-state index contributed by atoms with van der Waals surface area (Å²) in [6, 6.07) is 11.1. The van der Waals surface area contributed by atoms with Crippen molar-refractivity contribution in [3.8, 4) is 0 Å². The van der Waals surface area contributed by atoms with Gasteiger partial charge in [0.1, 0.15) is 0 Å². The molecule has 6 rings (SSSR count). The van der Waals surface area contributed by atoms with Crippen LogP contribution in [0, 0.1) is 23.2 Å². The van der Waals surface area contributed by atoms with Crippen LogP contribution in [0.3, 0.4) is 0 Å². The standard InChI is InChI=1S/C25H29N3O2/c29-23(14-25-11-17-8-18(12-25)10-19(9-17)13-25)27-16-20-4-1-2-6-22(20)28-24(30)21-5-3-7-26-15-21/h1-7,15,17-19H,8-14,16H2,(H,27,29)(H,28,30). The van der Waals surface area contributed by atoms with Crippen LogP contribution in [0.2, 0.25) is 0 Å². The van der Waals surface area contributed by atoms with E-state index < -0.39 is 0 Å². The predicted molar refractivity (Wildman–Crippen MR) is 116 cm³/mol. The first kappa shape index (κ1) is 19.3. The first-order valence-electron chi connectivity index (χ1n) is 11.1. The molecule has 2 amide bonds. The quantitative estimate of drug-likeness (QED) is 0.743. The fourth-order valence-electron chi connectivity index (χ4n) is 6.59. The Bertz CT molecular complexity index is 905. The summed E-state index contributed by atoms with van der Waals surface area (Å²) in [6.07, 6.45) is 11.7. The SMILES string of the molecule is O=C(CC12CC3CC(CC(C3)C1)C2)NCc1ccccc1NC(=O)c1cccnc1. The van der Waals surface area contributed by atoms with E-state index in [2.05, 4.69) is 15.6 Å². The summed E-state index contributed by atoms with van der Waals surface area (Å²) in [6.45, 7) is 0.425. The molecule has 1 aromatic carbocycles. The Morgan fingerprint density at radius 2 is 1.67 bits per heavy atom. The molecule has 2 N–H and O–H groups in total. The van der Waals surface area contributed by atoms with Gasteiger partial charge in [-0.3, -0.25) is 14.6 Å². The Hall–Kier alpha value is -2.69. The third kappa shape index (κ3) is 3.98. The van der Waals surface area contributed by atoms with Crippen LogP contribution < -0.4 is 10.6 Å². The Morgan fingerprint density at radius 1 is 0.967 bits per heavy atom. The fourth-order valence-corrected chi connectivity index (χ4v) is 6.59. The zero-order valence-corrected chi connectivity index (χ0v) is 17.3. The molecule has 4 saturated carbocycles. The molecule has 2 aromatic rings. The number of para-hydroxylation sites is 1. The maximum Gasteiger partial charge on any atom is 0.257 e. The van der Waals surface area contributed by atoms with E-state index in [1.54, 1.807) is 24.5 Å². The van der Waals surface area contributed by atoms with Crippen molar-refractivity contribution in [3.63, 3.8) is 0 Å². The molecule has 0 unspecified atom stereocenters. The summed E-state index contributed by atoms with van der Waals surface area (Å²) in [4.78, 5) is 29.3. The minimum absolute atomic E-state index is 0.144. The van der Waals surface area contributed by atoms with E-state index in [0.717, 1.165) is 29.0 Å². The summed E-state index contributed by atoms with van der Waals surface area (Å²) in [7, 11) is 0. The number of carbonyl (C=O) groups excluding carboxylic acids is 2. The second kappa shape index (κ2) is 7.86. The topological polar surface area (TPSA) is 71.1 Å². The number of carbonyl (C=O) groups is 2. The number of anilines is 1. The lowest BCUT2D eigenvalue weighted by molar-refractivity contribution is -0.129. The average molecular weight is 404 g/mol. The molecule has 4 fully saturated rings. The van der Waals surface area contributed by atoms with Crippen molar-refractivity contribution in [3.05, 3.63) is 59.9 Å². The highest BCUT2D eigenvalue weighted by Crippen LogP contribution is 2.61. The van der Waals surface area contributed by atoms with E-state index in [1.807, 2.05) is 24.3 Å². The highest BCUT2D eigenvalue weighted by molar-refractivity contribution is 6.04. The molecule has 0 aliphatic heterocycles. The fraction of sp³-hybridized carbons (Fsp3) is 0.480. The summed E-state index contributed by atoms with van der Waals surface area (Å²) < 4.78 is 0. The van der Waals surface area contributed by atoms with Crippen LogP contribution >= 0.6 is 0 Å². The minimum atomic E-state index is -0.199. The van der Waals surface area contributed by atoms with Gasteiger partial charge in [-0.25, -0.2) is 0 Å². The lowest BCUT2D eigenvalue weighted by atomic mass is 9.49. The van der Waals surface area contributed by atoms with Gasteiger partial charge in [0, 0.05) is 31.0 Å². The van der Waals surface area contributed by atoms with Crippen LogP contribution in [-0.4, -0.2) is 16.8 Å². The van der Waals surface area contributed by atoms with Crippen LogP contribution in [0.4, 0.5) is 5.69 Å². The third-order valence-corrected chi connectivity index (χ3v) is 7.37. The van der Waals surface area contributed by atoms with Gasteiger partial charge in [0.2, 0.25) is 5.91 Å². The van der Waals surface area contributed by atoms with Crippen molar-refractivity contribution in [2.75, 3.05) is 5.32 Å². The number of nitrogens with one attached hydrogen (secondary N) is 2. The van der Waals surface area contributed by atoms with Crippen molar-refractivity contribution < 1.29 is 9.59 Å². The number of nitrogens with zero attached hydrogens (tertiary/aromatic N) is 1. The third-order valence-electron chi connectivity index (χ3n) is 7.37. The Morgan fingerprint density at radius 3 is 2.33 bits per heavy atom. The molecule has 0 atom stereocenters. The zero-order valence-electron chi connectivity index (χ0n) is 17.3. The Balaban J connectivity index is 1.21. The molecular weight excluding hydrogens is 374 g/mol. The summed E-state index contributed by atoms with van der Waals surface area (Å²) in [5.41, 5.74) is 2.39. The minimum Gasteiger partial charge on any atom is -0.352 e. The molecule has 5 nitrogen and oxygen atoms in total. The van der Waals surface area contributed by atoms with E-state index in [0.29, 0.717) is 18.5 Å². The maximum absolute atomic E-state index is 12.8. The molecule has 1 aromatic heterocycles. The van der Waals surface area contributed by atoms with Gasteiger partial charge in [-0.05, 0) is 85.5 Å².